The summed E-state index contributed by atoms with van der Waals surface area (Å²) in [6.45, 7) is 0.967. The first kappa shape index (κ1) is 18.4. The molecule has 1 aliphatic heterocycles. The van der Waals surface area contributed by atoms with Crippen LogP contribution in [-0.4, -0.2) is 29.9 Å². The van der Waals surface area contributed by atoms with Crippen LogP contribution in [0.2, 0.25) is 0 Å². The highest BCUT2D eigenvalue weighted by Crippen LogP contribution is 2.36. The third-order valence-electron chi connectivity index (χ3n) is 5.98. The standard InChI is InChI=1S/C24H23N3O4/c1-28-20-9-7-15(11-22(20)29-17-4-2-3-5-17)24-26-23(27-31-24)14-6-8-19-16(10-14)12-21(30-19)18-13-25-18/h6-12,17-18,25H,2-5,13H2,1H3. The molecule has 158 valence electrons. The largest absolute Gasteiger partial charge is 0.493 e. The van der Waals surface area contributed by atoms with Crippen molar-refractivity contribution < 1.29 is 18.4 Å². The number of rotatable bonds is 6. The van der Waals surface area contributed by atoms with E-state index in [1.165, 1.54) is 12.8 Å². The predicted octanol–water partition coefficient (Wildman–Crippen LogP) is 5.12. The highest BCUT2D eigenvalue weighted by atomic mass is 16.5. The third kappa shape index (κ3) is 3.55. The fourth-order valence-corrected chi connectivity index (χ4v) is 4.18. The fraction of sp³-hybridized carbons (Fsp3) is 0.333. The smallest absolute Gasteiger partial charge is 0.258 e. The van der Waals surface area contributed by atoms with Crippen molar-refractivity contribution in [1.82, 2.24) is 15.5 Å². The summed E-state index contributed by atoms with van der Waals surface area (Å²) in [6, 6.07) is 14.1. The second-order valence-electron chi connectivity index (χ2n) is 8.18. The van der Waals surface area contributed by atoms with Crippen LogP contribution < -0.4 is 14.8 Å². The van der Waals surface area contributed by atoms with Gasteiger partial charge in [0, 0.05) is 23.1 Å². The monoisotopic (exact) mass is 417 g/mol. The number of nitrogens with zero attached hydrogens (tertiary/aromatic N) is 2. The summed E-state index contributed by atoms with van der Waals surface area (Å²) in [7, 11) is 1.65. The van der Waals surface area contributed by atoms with Crippen LogP contribution in [0.5, 0.6) is 11.5 Å². The van der Waals surface area contributed by atoms with E-state index in [1.807, 2.05) is 36.4 Å². The molecule has 4 aromatic rings. The summed E-state index contributed by atoms with van der Waals surface area (Å²) >= 11 is 0. The Kier molecular flexibility index (Phi) is 4.42. The number of fused-ring (bicyclic) bond motifs is 1. The summed E-state index contributed by atoms with van der Waals surface area (Å²) in [6.07, 6.45) is 4.80. The van der Waals surface area contributed by atoms with Gasteiger partial charge in [0.25, 0.3) is 5.89 Å². The van der Waals surface area contributed by atoms with Crippen molar-refractivity contribution in [3.63, 3.8) is 0 Å². The van der Waals surface area contributed by atoms with Crippen LogP contribution in [0.15, 0.2) is 51.4 Å². The van der Waals surface area contributed by atoms with E-state index in [2.05, 4.69) is 21.5 Å². The van der Waals surface area contributed by atoms with E-state index in [-0.39, 0.29) is 6.10 Å². The van der Waals surface area contributed by atoms with E-state index in [4.69, 9.17) is 18.4 Å². The summed E-state index contributed by atoms with van der Waals surface area (Å²) < 4.78 is 23.1. The normalized spacial score (nSPS) is 18.5. The molecule has 2 fully saturated rings. The molecule has 0 radical (unpaired) electrons. The Morgan fingerprint density at radius 1 is 1.00 bits per heavy atom. The lowest BCUT2D eigenvalue weighted by atomic mass is 10.1. The molecule has 0 spiro atoms. The molecule has 6 rings (SSSR count). The number of aromatic nitrogens is 2. The second-order valence-corrected chi connectivity index (χ2v) is 8.18. The van der Waals surface area contributed by atoms with Crippen molar-refractivity contribution in [2.24, 2.45) is 0 Å². The van der Waals surface area contributed by atoms with Crippen LogP contribution in [0.25, 0.3) is 33.8 Å². The zero-order valence-electron chi connectivity index (χ0n) is 17.3. The molecular formula is C24H23N3O4. The van der Waals surface area contributed by atoms with Crippen molar-refractivity contribution in [2.75, 3.05) is 13.7 Å². The summed E-state index contributed by atoms with van der Waals surface area (Å²) in [5, 5.41) is 8.49. The van der Waals surface area contributed by atoms with Gasteiger partial charge in [-0.15, -0.1) is 0 Å². The molecule has 1 saturated carbocycles. The van der Waals surface area contributed by atoms with Crippen LogP contribution in [0.4, 0.5) is 0 Å². The average molecular weight is 417 g/mol. The minimum absolute atomic E-state index is 0.236. The lowest BCUT2D eigenvalue weighted by Crippen LogP contribution is -2.11. The Labute approximate surface area is 179 Å². The third-order valence-corrected chi connectivity index (χ3v) is 5.98. The number of methoxy groups -OCH3 is 1. The molecular weight excluding hydrogens is 394 g/mol. The van der Waals surface area contributed by atoms with Gasteiger partial charge in [-0.25, -0.2) is 0 Å². The molecule has 1 atom stereocenters. The lowest BCUT2D eigenvalue weighted by molar-refractivity contribution is 0.201. The van der Waals surface area contributed by atoms with Crippen LogP contribution >= 0.6 is 0 Å². The van der Waals surface area contributed by atoms with E-state index in [1.54, 1.807) is 7.11 Å². The molecule has 1 unspecified atom stereocenters. The number of nitrogens with one attached hydrogen (secondary N) is 1. The molecule has 3 heterocycles. The average Bonchev–Trinajstić information content (AvgIpc) is 3.19. The number of furan rings is 1. The van der Waals surface area contributed by atoms with Gasteiger partial charge in [0.1, 0.15) is 11.3 Å². The minimum atomic E-state index is 0.236. The molecule has 2 aromatic carbocycles. The molecule has 0 amide bonds. The van der Waals surface area contributed by atoms with Gasteiger partial charge in [0.15, 0.2) is 11.5 Å². The van der Waals surface area contributed by atoms with Crippen molar-refractivity contribution in [3.8, 4) is 34.3 Å². The maximum Gasteiger partial charge on any atom is 0.258 e. The van der Waals surface area contributed by atoms with Gasteiger partial charge in [-0.3, -0.25) is 0 Å². The van der Waals surface area contributed by atoms with Crippen LogP contribution in [-0.2, 0) is 0 Å². The number of hydrogen-bond acceptors (Lipinski definition) is 7. The van der Waals surface area contributed by atoms with Crippen LogP contribution in [0.3, 0.4) is 0 Å². The Bertz CT molecular complexity index is 1230. The molecule has 1 aliphatic carbocycles. The zero-order valence-corrected chi connectivity index (χ0v) is 17.3. The molecule has 0 bridgehead atoms. The van der Waals surface area contributed by atoms with E-state index in [0.717, 1.165) is 47.2 Å². The molecule has 31 heavy (non-hydrogen) atoms. The number of ether oxygens (including phenoxy) is 2. The number of hydrogen-bond donors (Lipinski definition) is 1. The van der Waals surface area contributed by atoms with E-state index in [9.17, 15) is 0 Å². The first-order valence-corrected chi connectivity index (χ1v) is 10.7. The molecule has 7 nitrogen and oxygen atoms in total. The predicted molar refractivity (Wildman–Crippen MR) is 115 cm³/mol. The first-order valence-electron chi connectivity index (χ1n) is 10.7. The van der Waals surface area contributed by atoms with Gasteiger partial charge in [-0.05, 0) is 68.1 Å². The SMILES string of the molecule is COc1ccc(-c2nc(-c3ccc4oc(C5CN5)cc4c3)no2)cc1OC1CCCC1. The Balaban J connectivity index is 1.29. The van der Waals surface area contributed by atoms with E-state index >= 15 is 0 Å². The summed E-state index contributed by atoms with van der Waals surface area (Å²) in [5.74, 6) is 3.38. The number of benzene rings is 2. The second kappa shape index (κ2) is 7.42. The van der Waals surface area contributed by atoms with Crippen molar-refractivity contribution in [1.29, 1.82) is 0 Å². The van der Waals surface area contributed by atoms with Gasteiger partial charge in [-0.1, -0.05) is 5.16 Å². The zero-order chi connectivity index (χ0) is 20.8. The highest BCUT2D eigenvalue weighted by Gasteiger charge is 2.26. The topological polar surface area (TPSA) is 92.5 Å². The van der Waals surface area contributed by atoms with Crippen molar-refractivity contribution >= 4 is 11.0 Å². The summed E-state index contributed by atoms with van der Waals surface area (Å²) in [4.78, 5) is 4.62. The maximum absolute atomic E-state index is 6.20. The van der Waals surface area contributed by atoms with Gasteiger partial charge < -0.3 is 23.7 Å². The molecule has 1 saturated heterocycles. The Hall–Kier alpha value is -3.32. The van der Waals surface area contributed by atoms with Crippen molar-refractivity contribution in [3.05, 3.63) is 48.2 Å². The molecule has 1 N–H and O–H groups in total. The fourth-order valence-electron chi connectivity index (χ4n) is 4.18. The highest BCUT2D eigenvalue weighted by molar-refractivity contribution is 5.83. The van der Waals surface area contributed by atoms with Crippen LogP contribution in [0, 0.1) is 0 Å². The van der Waals surface area contributed by atoms with Gasteiger partial charge in [0.05, 0.1) is 19.3 Å². The maximum atomic E-state index is 6.20. The van der Waals surface area contributed by atoms with E-state index < -0.39 is 0 Å². The quantitative estimate of drug-likeness (QED) is 0.435. The molecule has 7 heteroatoms. The van der Waals surface area contributed by atoms with E-state index in [0.29, 0.717) is 29.3 Å². The van der Waals surface area contributed by atoms with Gasteiger partial charge >= 0.3 is 0 Å². The molecule has 2 aromatic heterocycles. The Morgan fingerprint density at radius 2 is 1.84 bits per heavy atom. The lowest BCUT2D eigenvalue weighted by Gasteiger charge is -2.16. The minimum Gasteiger partial charge on any atom is -0.493 e. The van der Waals surface area contributed by atoms with Crippen LogP contribution in [0.1, 0.15) is 37.5 Å². The first-order chi connectivity index (χ1) is 15.3. The van der Waals surface area contributed by atoms with Gasteiger partial charge in [-0.2, -0.15) is 4.98 Å². The Morgan fingerprint density at radius 3 is 2.65 bits per heavy atom. The van der Waals surface area contributed by atoms with Crippen molar-refractivity contribution in [2.45, 2.75) is 37.8 Å². The summed E-state index contributed by atoms with van der Waals surface area (Å²) in [5.41, 5.74) is 2.55. The molecule has 2 aliphatic rings. The van der Waals surface area contributed by atoms with Gasteiger partial charge in [0.2, 0.25) is 5.82 Å².